The summed E-state index contributed by atoms with van der Waals surface area (Å²) in [5.74, 6) is 0.579. The number of hydrogen-bond acceptors (Lipinski definition) is 2. The van der Waals surface area contributed by atoms with Gasteiger partial charge in [0.05, 0.1) is 0 Å². The highest BCUT2D eigenvalue weighted by Gasteiger charge is 2.24. The lowest BCUT2D eigenvalue weighted by Crippen LogP contribution is -2.17. The first-order valence-corrected chi connectivity index (χ1v) is 8.99. The summed E-state index contributed by atoms with van der Waals surface area (Å²) in [7, 11) is 8.28. The molecule has 0 saturated carbocycles. The minimum absolute atomic E-state index is 0.267. The predicted octanol–water partition coefficient (Wildman–Crippen LogP) is 3.92. The maximum atomic E-state index is 5.91. The molecule has 1 atom stereocenters. The van der Waals surface area contributed by atoms with Gasteiger partial charge >= 0.3 is 0 Å². The van der Waals surface area contributed by atoms with Crippen molar-refractivity contribution in [1.82, 2.24) is 0 Å². The maximum absolute atomic E-state index is 5.91. The Balaban J connectivity index is 2.00. The van der Waals surface area contributed by atoms with Gasteiger partial charge in [-0.25, -0.2) is 4.58 Å². The Hall–Kier alpha value is -2.81. The summed E-state index contributed by atoms with van der Waals surface area (Å²) in [6.07, 6.45) is 9.03. The fraction of sp³-hybridized carbons (Fsp3) is 0.261. The minimum atomic E-state index is 0.267. The first-order chi connectivity index (χ1) is 12.5. The zero-order valence-corrected chi connectivity index (χ0v) is 16.1. The molecule has 1 aliphatic rings. The van der Waals surface area contributed by atoms with Crippen molar-refractivity contribution in [2.24, 2.45) is 5.92 Å². The van der Waals surface area contributed by atoms with Gasteiger partial charge in [0.2, 0.25) is 0 Å². The Morgan fingerprint density at radius 3 is 1.81 bits per heavy atom. The normalized spacial score (nSPS) is 17.2. The van der Waals surface area contributed by atoms with E-state index in [2.05, 4.69) is 98.4 Å². The standard InChI is InChI=1S/C23H28N3/c1-25(2)21-13-7-18(8-14-21)23(17-5-11-20(24)12-6-17)19-9-15-22(16-10-19)26(3)4/h5-16,18,23H,24H2,1-4H3/q+1. The van der Waals surface area contributed by atoms with Crippen LogP contribution in [0, 0.1) is 5.92 Å². The second kappa shape index (κ2) is 7.61. The van der Waals surface area contributed by atoms with E-state index in [9.17, 15) is 0 Å². The summed E-state index contributed by atoms with van der Waals surface area (Å²) in [4.78, 5) is 2.13. The Morgan fingerprint density at radius 2 is 1.35 bits per heavy atom. The van der Waals surface area contributed by atoms with E-state index in [4.69, 9.17) is 5.73 Å². The van der Waals surface area contributed by atoms with E-state index in [0.717, 1.165) is 5.69 Å². The zero-order valence-electron chi connectivity index (χ0n) is 16.1. The third-order valence-corrected chi connectivity index (χ3v) is 4.94. The molecule has 2 aromatic rings. The number of nitrogen functional groups attached to an aromatic ring is 1. The molecule has 134 valence electrons. The topological polar surface area (TPSA) is 32.3 Å². The lowest BCUT2D eigenvalue weighted by Gasteiger charge is -2.25. The molecular formula is C23H28N3+. The van der Waals surface area contributed by atoms with Gasteiger partial charge in [0.25, 0.3) is 0 Å². The van der Waals surface area contributed by atoms with Crippen LogP contribution in [0.25, 0.3) is 0 Å². The Morgan fingerprint density at radius 1 is 0.846 bits per heavy atom. The van der Waals surface area contributed by atoms with E-state index in [1.165, 1.54) is 22.5 Å². The molecule has 3 heteroatoms. The van der Waals surface area contributed by atoms with Crippen LogP contribution in [-0.4, -0.2) is 38.5 Å². The van der Waals surface area contributed by atoms with Gasteiger partial charge in [0, 0.05) is 49.5 Å². The molecule has 2 aromatic carbocycles. The van der Waals surface area contributed by atoms with Crippen LogP contribution in [0.2, 0.25) is 0 Å². The van der Waals surface area contributed by atoms with Crippen molar-refractivity contribution in [1.29, 1.82) is 0 Å². The molecule has 0 heterocycles. The Kier molecular flexibility index (Phi) is 5.27. The Bertz CT molecular complexity index is 820. The summed E-state index contributed by atoms with van der Waals surface area (Å²) in [5.41, 5.74) is 11.7. The van der Waals surface area contributed by atoms with Crippen LogP contribution in [0.4, 0.5) is 11.4 Å². The summed E-state index contributed by atoms with van der Waals surface area (Å²) in [6, 6.07) is 17.1. The van der Waals surface area contributed by atoms with E-state index in [0.29, 0.717) is 5.92 Å². The molecule has 2 N–H and O–H groups in total. The summed E-state index contributed by atoms with van der Waals surface area (Å²) in [6.45, 7) is 0. The van der Waals surface area contributed by atoms with Crippen molar-refractivity contribution in [3.8, 4) is 0 Å². The van der Waals surface area contributed by atoms with Gasteiger partial charge in [-0.3, -0.25) is 0 Å². The van der Waals surface area contributed by atoms with E-state index in [1.807, 2.05) is 12.1 Å². The largest absolute Gasteiger partial charge is 0.399 e. The molecule has 0 bridgehead atoms. The van der Waals surface area contributed by atoms with E-state index >= 15 is 0 Å². The second-order valence-corrected chi connectivity index (χ2v) is 7.25. The number of hydrogen-bond donors (Lipinski definition) is 1. The van der Waals surface area contributed by atoms with Crippen molar-refractivity contribution in [2.75, 3.05) is 38.8 Å². The molecule has 0 fully saturated rings. The lowest BCUT2D eigenvalue weighted by molar-refractivity contribution is -0.462. The zero-order chi connectivity index (χ0) is 18.7. The Labute approximate surface area is 156 Å². The van der Waals surface area contributed by atoms with Crippen LogP contribution in [0.5, 0.6) is 0 Å². The molecule has 0 aliphatic heterocycles. The van der Waals surface area contributed by atoms with E-state index in [-0.39, 0.29) is 5.92 Å². The minimum Gasteiger partial charge on any atom is -0.399 e. The van der Waals surface area contributed by atoms with Crippen LogP contribution in [0.1, 0.15) is 17.0 Å². The molecule has 0 radical (unpaired) electrons. The molecule has 0 amide bonds. The molecule has 1 unspecified atom stereocenters. The second-order valence-electron chi connectivity index (χ2n) is 7.25. The monoisotopic (exact) mass is 346 g/mol. The molecule has 3 rings (SSSR count). The van der Waals surface area contributed by atoms with E-state index in [1.54, 1.807) is 0 Å². The fourth-order valence-electron chi connectivity index (χ4n) is 3.38. The summed E-state index contributed by atoms with van der Waals surface area (Å²) in [5, 5.41) is 0. The predicted molar refractivity (Wildman–Crippen MR) is 112 cm³/mol. The molecule has 26 heavy (non-hydrogen) atoms. The third kappa shape index (κ3) is 3.88. The number of nitrogens with zero attached hydrogens (tertiary/aromatic N) is 2. The van der Waals surface area contributed by atoms with E-state index < -0.39 is 0 Å². The SMILES string of the molecule is CN(C)c1ccc(C(c2ccc(N)cc2)C2C=CC(=[N+](C)C)C=C2)cc1. The van der Waals surface area contributed by atoms with Crippen LogP contribution in [-0.2, 0) is 0 Å². The van der Waals surface area contributed by atoms with Crippen LogP contribution >= 0.6 is 0 Å². The third-order valence-electron chi connectivity index (χ3n) is 4.94. The van der Waals surface area contributed by atoms with Crippen molar-refractivity contribution in [3.05, 3.63) is 84.0 Å². The van der Waals surface area contributed by atoms with Gasteiger partial charge in [0.15, 0.2) is 5.71 Å². The summed E-state index contributed by atoms with van der Waals surface area (Å²) >= 11 is 0. The first kappa shape index (κ1) is 18.0. The number of nitrogens with two attached hydrogens (primary N) is 1. The van der Waals surface area contributed by atoms with Crippen molar-refractivity contribution < 1.29 is 4.58 Å². The molecule has 0 aromatic heterocycles. The molecule has 0 spiro atoms. The van der Waals surface area contributed by atoms with Gasteiger partial charge in [-0.2, -0.15) is 0 Å². The number of rotatable bonds is 4. The number of anilines is 2. The maximum Gasteiger partial charge on any atom is 0.198 e. The van der Waals surface area contributed by atoms with Crippen LogP contribution in [0.15, 0.2) is 72.8 Å². The highest BCUT2D eigenvalue weighted by molar-refractivity contribution is 6.01. The highest BCUT2D eigenvalue weighted by Crippen LogP contribution is 2.36. The highest BCUT2D eigenvalue weighted by atomic mass is 15.1. The van der Waals surface area contributed by atoms with Gasteiger partial charge in [-0.1, -0.05) is 36.4 Å². The average molecular weight is 346 g/mol. The summed E-state index contributed by atoms with van der Waals surface area (Å²) < 4.78 is 2.13. The van der Waals surface area contributed by atoms with Gasteiger partial charge in [-0.05, 0) is 35.4 Å². The molecule has 3 nitrogen and oxygen atoms in total. The van der Waals surface area contributed by atoms with Crippen LogP contribution in [0.3, 0.4) is 0 Å². The smallest absolute Gasteiger partial charge is 0.198 e. The number of benzene rings is 2. The van der Waals surface area contributed by atoms with Crippen LogP contribution < -0.4 is 10.6 Å². The lowest BCUT2D eigenvalue weighted by atomic mass is 9.79. The number of allylic oxidation sites excluding steroid dienone is 4. The average Bonchev–Trinajstić information content (AvgIpc) is 2.64. The van der Waals surface area contributed by atoms with Gasteiger partial charge < -0.3 is 10.6 Å². The van der Waals surface area contributed by atoms with Gasteiger partial charge in [0.1, 0.15) is 14.1 Å². The van der Waals surface area contributed by atoms with Crippen molar-refractivity contribution >= 4 is 17.1 Å². The van der Waals surface area contributed by atoms with Crippen molar-refractivity contribution in [2.45, 2.75) is 5.92 Å². The molecular weight excluding hydrogens is 318 g/mol. The van der Waals surface area contributed by atoms with Gasteiger partial charge in [-0.15, -0.1) is 0 Å². The fourth-order valence-corrected chi connectivity index (χ4v) is 3.38. The van der Waals surface area contributed by atoms with Crippen molar-refractivity contribution in [3.63, 3.8) is 0 Å². The molecule has 1 aliphatic carbocycles. The molecule has 0 saturated heterocycles. The first-order valence-electron chi connectivity index (χ1n) is 8.99. The quantitative estimate of drug-likeness (QED) is 0.672.